The average Bonchev–Trinajstić information content (AvgIpc) is 3.09. The molecule has 6 heteroatoms. The first-order valence-corrected chi connectivity index (χ1v) is 9.51. The van der Waals surface area contributed by atoms with Gasteiger partial charge in [-0.2, -0.15) is 5.26 Å². The smallest absolute Gasteiger partial charge is 0.234 e. The molecule has 0 saturated carbocycles. The normalized spacial score (nSPS) is 12.4. The van der Waals surface area contributed by atoms with E-state index in [4.69, 9.17) is 4.74 Å². The zero-order valence-corrected chi connectivity index (χ0v) is 16.0. The Morgan fingerprint density at radius 3 is 2.92 bits per heavy atom. The van der Waals surface area contributed by atoms with Crippen LogP contribution in [0.15, 0.2) is 23.2 Å². The van der Waals surface area contributed by atoms with Crippen LogP contribution in [0, 0.1) is 25.2 Å². The molecule has 1 aliphatic rings. The van der Waals surface area contributed by atoms with Crippen LogP contribution in [0.3, 0.4) is 0 Å². The Kier molecular flexibility index (Phi) is 5.48. The Hall–Kier alpha value is -2.52. The van der Waals surface area contributed by atoms with Crippen molar-refractivity contribution >= 4 is 23.4 Å². The highest BCUT2D eigenvalue weighted by Crippen LogP contribution is 2.32. The summed E-state index contributed by atoms with van der Waals surface area (Å²) in [4.78, 5) is 17.0. The van der Waals surface area contributed by atoms with Crippen LogP contribution < -0.4 is 10.1 Å². The number of carbonyl (C=O) groups is 1. The highest BCUT2D eigenvalue weighted by molar-refractivity contribution is 8.00. The van der Waals surface area contributed by atoms with Gasteiger partial charge in [0.2, 0.25) is 5.91 Å². The molecule has 1 aromatic carbocycles. The van der Waals surface area contributed by atoms with Gasteiger partial charge in [-0.15, -0.1) is 0 Å². The summed E-state index contributed by atoms with van der Waals surface area (Å²) in [5.41, 5.74) is 5.58. The zero-order valence-electron chi connectivity index (χ0n) is 15.2. The summed E-state index contributed by atoms with van der Waals surface area (Å²) in [7, 11) is 1.57. The quantitative estimate of drug-likeness (QED) is 0.814. The second-order valence-corrected chi connectivity index (χ2v) is 7.31. The van der Waals surface area contributed by atoms with Gasteiger partial charge in [0, 0.05) is 5.69 Å². The lowest BCUT2D eigenvalue weighted by atomic mass is 10.0. The Balaban J connectivity index is 1.74. The third kappa shape index (κ3) is 3.68. The number of nitriles is 1. The minimum atomic E-state index is -0.150. The van der Waals surface area contributed by atoms with Gasteiger partial charge in [-0.25, -0.2) is 4.98 Å². The van der Waals surface area contributed by atoms with E-state index in [0.717, 1.165) is 36.1 Å². The van der Waals surface area contributed by atoms with Gasteiger partial charge in [-0.05, 0) is 61.9 Å². The molecule has 0 spiro atoms. The first-order chi connectivity index (χ1) is 12.5. The largest absolute Gasteiger partial charge is 0.495 e. The maximum atomic E-state index is 12.4. The number of aromatic nitrogens is 1. The summed E-state index contributed by atoms with van der Waals surface area (Å²) in [6.07, 6.45) is 3.01. The van der Waals surface area contributed by atoms with E-state index in [1.807, 2.05) is 32.0 Å². The van der Waals surface area contributed by atoms with Crippen LogP contribution in [0.1, 0.15) is 34.4 Å². The van der Waals surface area contributed by atoms with Gasteiger partial charge in [0.25, 0.3) is 0 Å². The molecule has 2 aromatic rings. The van der Waals surface area contributed by atoms with Crippen molar-refractivity contribution in [3.63, 3.8) is 0 Å². The lowest BCUT2D eigenvalue weighted by molar-refractivity contribution is -0.113. The standard InChI is InChI=1S/C20H21N3O2S/c1-12-7-8-18(25-3)17(9-12)22-19(24)11-26-20-15(10-21)13(2)14-5-4-6-16(14)23-20/h7-9H,4-6,11H2,1-3H3,(H,22,24). The number of ether oxygens (including phenoxy) is 1. The number of hydrogen-bond acceptors (Lipinski definition) is 5. The molecule has 0 saturated heterocycles. The third-order valence-electron chi connectivity index (χ3n) is 4.55. The van der Waals surface area contributed by atoms with Crippen molar-refractivity contribution in [2.24, 2.45) is 0 Å². The van der Waals surface area contributed by atoms with Crippen LogP contribution in [0.5, 0.6) is 5.75 Å². The van der Waals surface area contributed by atoms with E-state index in [2.05, 4.69) is 16.4 Å². The molecular formula is C20H21N3O2S. The second-order valence-electron chi connectivity index (χ2n) is 6.35. The number of thioether (sulfide) groups is 1. The predicted molar refractivity (Wildman–Crippen MR) is 103 cm³/mol. The number of hydrogen-bond donors (Lipinski definition) is 1. The monoisotopic (exact) mass is 367 g/mol. The summed E-state index contributed by atoms with van der Waals surface area (Å²) in [6.45, 7) is 3.94. The highest BCUT2D eigenvalue weighted by Gasteiger charge is 2.21. The maximum Gasteiger partial charge on any atom is 0.234 e. The number of amides is 1. The molecular weight excluding hydrogens is 346 g/mol. The van der Waals surface area contributed by atoms with Crippen molar-refractivity contribution in [1.29, 1.82) is 5.26 Å². The summed E-state index contributed by atoms with van der Waals surface area (Å²) in [5, 5.41) is 13.0. The van der Waals surface area contributed by atoms with Gasteiger partial charge in [-0.3, -0.25) is 4.79 Å². The first kappa shape index (κ1) is 18.3. The minimum Gasteiger partial charge on any atom is -0.495 e. The van der Waals surface area contributed by atoms with Gasteiger partial charge < -0.3 is 10.1 Å². The summed E-state index contributed by atoms with van der Waals surface area (Å²) in [6, 6.07) is 7.89. The lowest BCUT2D eigenvalue weighted by Crippen LogP contribution is -2.15. The number of carbonyl (C=O) groups excluding carboxylic acids is 1. The van der Waals surface area contributed by atoms with Crippen molar-refractivity contribution in [3.05, 3.63) is 46.1 Å². The number of aryl methyl sites for hydroxylation is 2. The SMILES string of the molecule is COc1ccc(C)cc1NC(=O)CSc1nc2c(c(C)c1C#N)CCC2. The number of pyridine rings is 1. The molecule has 1 N–H and O–H groups in total. The maximum absolute atomic E-state index is 12.4. The van der Waals surface area contributed by atoms with Crippen molar-refractivity contribution in [1.82, 2.24) is 4.98 Å². The fourth-order valence-electron chi connectivity index (χ4n) is 3.22. The molecule has 0 atom stereocenters. The molecule has 3 rings (SSSR count). The van der Waals surface area contributed by atoms with E-state index in [0.29, 0.717) is 22.0 Å². The fourth-order valence-corrected chi connectivity index (χ4v) is 4.08. The van der Waals surface area contributed by atoms with E-state index in [9.17, 15) is 10.1 Å². The van der Waals surface area contributed by atoms with Crippen LogP contribution in [-0.4, -0.2) is 23.8 Å². The zero-order chi connectivity index (χ0) is 18.7. The number of nitrogens with zero attached hydrogens (tertiary/aromatic N) is 2. The third-order valence-corrected chi connectivity index (χ3v) is 5.52. The average molecular weight is 367 g/mol. The molecule has 0 radical (unpaired) electrons. The van der Waals surface area contributed by atoms with Crippen molar-refractivity contribution < 1.29 is 9.53 Å². The Bertz CT molecular complexity index is 903. The highest BCUT2D eigenvalue weighted by atomic mass is 32.2. The van der Waals surface area contributed by atoms with Crippen LogP contribution >= 0.6 is 11.8 Å². The summed E-state index contributed by atoms with van der Waals surface area (Å²) >= 11 is 1.31. The molecule has 1 aromatic heterocycles. The van der Waals surface area contributed by atoms with Gasteiger partial charge in [0.1, 0.15) is 16.8 Å². The van der Waals surface area contributed by atoms with E-state index < -0.39 is 0 Å². The molecule has 134 valence electrons. The predicted octanol–water partition coefficient (Wildman–Crippen LogP) is 3.80. The van der Waals surface area contributed by atoms with Gasteiger partial charge in [0.15, 0.2) is 0 Å². The number of nitrogens with one attached hydrogen (secondary N) is 1. The number of fused-ring (bicyclic) bond motifs is 1. The van der Waals surface area contributed by atoms with Gasteiger partial charge in [0.05, 0.1) is 24.1 Å². The Labute approximate surface area is 157 Å². The van der Waals surface area contributed by atoms with Crippen LogP contribution in [0.25, 0.3) is 0 Å². The molecule has 1 aliphatic carbocycles. The summed E-state index contributed by atoms with van der Waals surface area (Å²) in [5.74, 6) is 0.665. The molecule has 0 bridgehead atoms. The molecule has 1 amide bonds. The van der Waals surface area contributed by atoms with Crippen molar-refractivity contribution in [2.75, 3.05) is 18.2 Å². The Morgan fingerprint density at radius 1 is 1.38 bits per heavy atom. The molecule has 1 heterocycles. The molecule has 0 fully saturated rings. The van der Waals surface area contributed by atoms with Crippen molar-refractivity contribution in [3.8, 4) is 11.8 Å². The molecule has 0 aliphatic heterocycles. The van der Waals surface area contributed by atoms with E-state index in [1.165, 1.54) is 17.3 Å². The van der Waals surface area contributed by atoms with Gasteiger partial charge in [-0.1, -0.05) is 17.8 Å². The van der Waals surface area contributed by atoms with Crippen LogP contribution in [0.4, 0.5) is 5.69 Å². The van der Waals surface area contributed by atoms with E-state index in [-0.39, 0.29) is 11.7 Å². The molecule has 0 unspecified atom stereocenters. The first-order valence-electron chi connectivity index (χ1n) is 8.53. The topological polar surface area (TPSA) is 75.0 Å². The molecule has 26 heavy (non-hydrogen) atoms. The number of benzene rings is 1. The fraction of sp³-hybridized carbons (Fsp3) is 0.350. The number of rotatable bonds is 5. The van der Waals surface area contributed by atoms with E-state index in [1.54, 1.807) is 7.11 Å². The van der Waals surface area contributed by atoms with Crippen LogP contribution in [0.2, 0.25) is 0 Å². The van der Waals surface area contributed by atoms with E-state index >= 15 is 0 Å². The van der Waals surface area contributed by atoms with Gasteiger partial charge >= 0.3 is 0 Å². The lowest BCUT2D eigenvalue weighted by Gasteiger charge is -2.12. The van der Waals surface area contributed by atoms with Crippen molar-refractivity contribution in [2.45, 2.75) is 38.1 Å². The minimum absolute atomic E-state index is 0.150. The number of anilines is 1. The number of methoxy groups -OCH3 is 1. The molecule has 5 nitrogen and oxygen atoms in total. The summed E-state index contributed by atoms with van der Waals surface area (Å²) < 4.78 is 5.29. The van der Waals surface area contributed by atoms with Crippen LogP contribution in [-0.2, 0) is 17.6 Å². The Morgan fingerprint density at radius 2 is 2.19 bits per heavy atom. The second kappa shape index (κ2) is 7.79.